The fraction of sp³-hybridized carbons (Fsp3) is 0.895. The molecule has 0 aromatic carbocycles. The van der Waals surface area contributed by atoms with Gasteiger partial charge in [0.1, 0.15) is 0 Å². The summed E-state index contributed by atoms with van der Waals surface area (Å²) < 4.78 is 0. The van der Waals surface area contributed by atoms with E-state index >= 15 is 0 Å². The van der Waals surface area contributed by atoms with Crippen LogP contribution in [0.25, 0.3) is 0 Å². The summed E-state index contributed by atoms with van der Waals surface area (Å²) in [7, 11) is 0. The van der Waals surface area contributed by atoms with Crippen LogP contribution in [0.5, 0.6) is 0 Å². The van der Waals surface area contributed by atoms with E-state index in [0.717, 1.165) is 49.5 Å². The highest BCUT2D eigenvalue weighted by molar-refractivity contribution is 6.07. The molecular weight excluding hydrogens is 518 g/mol. The van der Waals surface area contributed by atoms with Crippen LogP contribution in [-0.2, 0) is 9.59 Å². The maximum absolute atomic E-state index is 14.9. The zero-order chi connectivity index (χ0) is 30.8. The molecule has 4 saturated carbocycles. The summed E-state index contributed by atoms with van der Waals surface area (Å²) in [5.74, 6) is 3.03. The van der Waals surface area contributed by atoms with Crippen LogP contribution in [0.15, 0.2) is 11.1 Å². The van der Waals surface area contributed by atoms with Crippen molar-refractivity contribution in [3.8, 4) is 0 Å². The number of fused-ring (bicyclic) bond motifs is 7. The molecule has 5 aliphatic carbocycles. The standard InChI is InChI=1S/C38H61NO3/c1-23(2)30-26(40)22-38(32(41)39-21-11-12-29(39)34(6,7)42)20-19-36(9)25(31(30)38)13-14-28-35(8)17-15-24(3)33(4,5)27(35)16-18-37(28,36)10/h23-25,27-29,42H,11-22H2,1-10H3/t24-,25+,27-,28+,29-,35-,36+,37+,38+/m0/s1. The highest BCUT2D eigenvalue weighted by Crippen LogP contribution is 2.77. The molecule has 1 saturated heterocycles. The van der Waals surface area contributed by atoms with Gasteiger partial charge in [-0.1, -0.05) is 55.4 Å². The Morgan fingerprint density at radius 1 is 0.905 bits per heavy atom. The predicted octanol–water partition coefficient (Wildman–Crippen LogP) is 8.37. The summed E-state index contributed by atoms with van der Waals surface area (Å²) in [6.07, 6.45) is 11.5. The number of nitrogens with zero attached hydrogens (tertiary/aromatic N) is 1. The van der Waals surface area contributed by atoms with Crippen LogP contribution in [0.3, 0.4) is 0 Å². The van der Waals surface area contributed by atoms with Crippen molar-refractivity contribution in [3.63, 3.8) is 0 Å². The molecule has 1 amide bonds. The number of amides is 1. The van der Waals surface area contributed by atoms with E-state index in [9.17, 15) is 14.7 Å². The van der Waals surface area contributed by atoms with Gasteiger partial charge in [-0.05, 0) is 140 Å². The molecule has 1 heterocycles. The van der Waals surface area contributed by atoms with Crippen molar-refractivity contribution >= 4 is 11.7 Å². The largest absolute Gasteiger partial charge is 0.388 e. The molecule has 42 heavy (non-hydrogen) atoms. The summed E-state index contributed by atoms with van der Waals surface area (Å²) in [4.78, 5) is 30.9. The second kappa shape index (κ2) is 9.43. The van der Waals surface area contributed by atoms with Gasteiger partial charge in [-0.25, -0.2) is 0 Å². The Morgan fingerprint density at radius 2 is 1.60 bits per heavy atom. The number of hydrogen-bond donors (Lipinski definition) is 1. The molecule has 0 radical (unpaired) electrons. The second-order valence-electron chi connectivity index (χ2n) is 18.3. The summed E-state index contributed by atoms with van der Waals surface area (Å²) >= 11 is 0. The molecule has 1 N–H and O–H groups in total. The van der Waals surface area contributed by atoms with Crippen molar-refractivity contribution in [1.82, 2.24) is 4.90 Å². The van der Waals surface area contributed by atoms with Gasteiger partial charge in [-0.3, -0.25) is 9.59 Å². The first-order chi connectivity index (χ1) is 19.4. The SMILES string of the molecule is CC(C)C1=C2[C@H]3CC[C@@H]4[C@@]5(C)CC[C@H](C)C(C)(C)[C@@H]5CC[C@@]4(C)[C@]3(C)CC[C@@]2(C(=O)N2CCC[C@H]2C(C)(C)O)CC1=O. The Balaban J connectivity index is 1.43. The maximum atomic E-state index is 14.9. The molecule has 5 fully saturated rings. The van der Waals surface area contributed by atoms with E-state index in [1.807, 2.05) is 18.7 Å². The lowest BCUT2D eigenvalue weighted by Gasteiger charge is -2.72. The lowest BCUT2D eigenvalue weighted by atomic mass is 9.32. The Morgan fingerprint density at radius 3 is 2.24 bits per heavy atom. The molecule has 0 unspecified atom stereocenters. The van der Waals surface area contributed by atoms with Gasteiger partial charge < -0.3 is 10.0 Å². The van der Waals surface area contributed by atoms with E-state index in [1.165, 1.54) is 37.7 Å². The first-order valence-corrected chi connectivity index (χ1v) is 17.7. The van der Waals surface area contributed by atoms with Crippen LogP contribution in [0.2, 0.25) is 0 Å². The number of allylic oxidation sites excluding steroid dienone is 1. The molecule has 9 atom stereocenters. The lowest BCUT2D eigenvalue weighted by Crippen LogP contribution is -2.65. The van der Waals surface area contributed by atoms with Crippen LogP contribution in [0.4, 0.5) is 0 Å². The number of hydrogen-bond acceptors (Lipinski definition) is 3. The maximum Gasteiger partial charge on any atom is 0.233 e. The third-order valence-corrected chi connectivity index (χ3v) is 15.7. The molecule has 236 valence electrons. The topological polar surface area (TPSA) is 57.6 Å². The van der Waals surface area contributed by atoms with Crippen LogP contribution >= 0.6 is 0 Å². The summed E-state index contributed by atoms with van der Waals surface area (Å²) in [5.41, 5.74) is 1.62. The number of carbonyl (C=O) groups is 2. The summed E-state index contributed by atoms with van der Waals surface area (Å²) in [6.45, 7) is 24.2. The van der Waals surface area contributed by atoms with Gasteiger partial charge in [-0.15, -0.1) is 0 Å². The van der Waals surface area contributed by atoms with Crippen LogP contribution in [0.1, 0.15) is 140 Å². The molecule has 0 spiro atoms. The number of aliphatic hydroxyl groups is 1. The van der Waals surface area contributed by atoms with Gasteiger partial charge in [0.2, 0.25) is 5.91 Å². The molecule has 0 bridgehead atoms. The van der Waals surface area contributed by atoms with E-state index in [1.54, 1.807) is 0 Å². The van der Waals surface area contributed by atoms with E-state index in [4.69, 9.17) is 0 Å². The van der Waals surface area contributed by atoms with Crippen LogP contribution < -0.4 is 0 Å². The van der Waals surface area contributed by atoms with Crippen molar-refractivity contribution in [2.45, 2.75) is 152 Å². The van der Waals surface area contributed by atoms with Gasteiger partial charge in [0, 0.05) is 13.0 Å². The zero-order valence-corrected chi connectivity index (χ0v) is 28.7. The van der Waals surface area contributed by atoms with Crippen molar-refractivity contribution < 1.29 is 14.7 Å². The number of carbonyl (C=O) groups excluding carboxylic acids is 2. The highest BCUT2D eigenvalue weighted by Gasteiger charge is 2.71. The molecule has 0 aromatic rings. The Kier molecular flexibility index (Phi) is 6.93. The minimum absolute atomic E-state index is 0.0850. The normalized spacial score (nSPS) is 46.8. The van der Waals surface area contributed by atoms with E-state index < -0.39 is 11.0 Å². The number of likely N-dealkylation sites (tertiary alicyclic amines) is 1. The first kappa shape index (κ1) is 30.8. The molecule has 6 aliphatic rings. The van der Waals surface area contributed by atoms with Gasteiger partial charge in [0.15, 0.2) is 5.78 Å². The molecule has 4 heteroatoms. The Labute approximate surface area is 256 Å². The average molecular weight is 580 g/mol. The van der Waals surface area contributed by atoms with Crippen LogP contribution in [-0.4, -0.2) is 39.9 Å². The minimum Gasteiger partial charge on any atom is -0.388 e. The Bertz CT molecular complexity index is 1190. The first-order valence-electron chi connectivity index (χ1n) is 17.7. The van der Waals surface area contributed by atoms with E-state index in [0.29, 0.717) is 35.6 Å². The lowest BCUT2D eigenvalue weighted by molar-refractivity contribution is -0.220. The van der Waals surface area contributed by atoms with Gasteiger partial charge >= 0.3 is 0 Å². The molecule has 4 nitrogen and oxygen atoms in total. The number of ketones is 1. The quantitative estimate of drug-likeness (QED) is 0.365. The fourth-order valence-electron chi connectivity index (χ4n) is 13.1. The van der Waals surface area contributed by atoms with Crippen molar-refractivity contribution in [2.75, 3.05) is 6.54 Å². The fourth-order valence-corrected chi connectivity index (χ4v) is 13.1. The van der Waals surface area contributed by atoms with Crippen molar-refractivity contribution in [2.24, 2.45) is 56.7 Å². The average Bonchev–Trinajstić information content (AvgIpc) is 3.50. The molecule has 6 rings (SSSR count). The third kappa shape index (κ3) is 3.81. The number of Topliss-reactive ketones (excluding diaryl/α,β-unsaturated/α-hetero) is 1. The number of rotatable bonds is 3. The van der Waals surface area contributed by atoms with Crippen molar-refractivity contribution in [3.05, 3.63) is 11.1 Å². The Hall–Kier alpha value is -1.16. The van der Waals surface area contributed by atoms with Gasteiger partial charge in [0.25, 0.3) is 0 Å². The second-order valence-corrected chi connectivity index (χ2v) is 18.3. The van der Waals surface area contributed by atoms with Crippen molar-refractivity contribution in [1.29, 1.82) is 0 Å². The third-order valence-electron chi connectivity index (χ3n) is 15.7. The summed E-state index contributed by atoms with van der Waals surface area (Å²) in [6, 6.07) is -0.173. The van der Waals surface area contributed by atoms with E-state index in [-0.39, 0.29) is 34.5 Å². The molecule has 0 aromatic heterocycles. The summed E-state index contributed by atoms with van der Waals surface area (Å²) in [5, 5.41) is 11.1. The van der Waals surface area contributed by atoms with Crippen LogP contribution in [0, 0.1) is 56.7 Å². The highest BCUT2D eigenvalue weighted by atomic mass is 16.3. The predicted molar refractivity (Wildman–Crippen MR) is 170 cm³/mol. The zero-order valence-electron chi connectivity index (χ0n) is 28.7. The molecular formula is C38H61NO3. The minimum atomic E-state index is -0.940. The van der Waals surface area contributed by atoms with E-state index in [2.05, 4.69) is 55.4 Å². The van der Waals surface area contributed by atoms with Gasteiger partial charge in [0.05, 0.1) is 17.1 Å². The van der Waals surface area contributed by atoms with Gasteiger partial charge in [-0.2, -0.15) is 0 Å². The monoisotopic (exact) mass is 579 g/mol. The molecule has 1 aliphatic heterocycles. The smallest absolute Gasteiger partial charge is 0.233 e.